The van der Waals surface area contributed by atoms with Crippen molar-refractivity contribution in [1.82, 2.24) is 9.97 Å². The second-order valence-electron chi connectivity index (χ2n) is 9.22. The van der Waals surface area contributed by atoms with E-state index in [9.17, 15) is 22.7 Å². The number of anilines is 1. The minimum absolute atomic E-state index is 0.0420. The van der Waals surface area contributed by atoms with Gasteiger partial charge in [-0.25, -0.2) is 27.1 Å². The van der Waals surface area contributed by atoms with E-state index >= 15 is 0 Å². The van der Waals surface area contributed by atoms with Crippen molar-refractivity contribution in [2.75, 3.05) is 17.6 Å². The number of benzene rings is 1. The number of halogens is 1. The number of hydrogen-bond acceptors (Lipinski definition) is 7. The number of ether oxygens (including phenoxy) is 1. The van der Waals surface area contributed by atoms with Crippen LogP contribution in [0.25, 0.3) is 11.3 Å². The highest BCUT2D eigenvalue weighted by Gasteiger charge is 2.43. The van der Waals surface area contributed by atoms with Crippen molar-refractivity contribution < 1.29 is 27.4 Å². The lowest BCUT2D eigenvalue weighted by Gasteiger charge is -2.40. The minimum atomic E-state index is -3.60. The molecular formula is C23H28FN3O5S. The molecule has 2 aliphatic rings. The Morgan fingerprint density at radius 3 is 2.58 bits per heavy atom. The smallest absolute Gasteiger partial charge is 0.308 e. The molecule has 0 spiro atoms. The SMILES string of the molecule is CC(C)c1nc(N(C)S(C)(=O)=O)nc2c1C(C)[C@H]([C@@H]1C[C@H](O)CC(=O)O1)c1cc(F)ccc1-2. The van der Waals surface area contributed by atoms with Crippen LogP contribution in [0.1, 0.15) is 68.2 Å². The Hall–Kier alpha value is -2.59. The molecule has 2 heterocycles. The third kappa shape index (κ3) is 4.21. The van der Waals surface area contributed by atoms with E-state index in [1.165, 1.54) is 19.2 Å². The second kappa shape index (κ2) is 8.32. The van der Waals surface area contributed by atoms with Crippen molar-refractivity contribution in [2.24, 2.45) is 0 Å². The predicted octanol–water partition coefficient (Wildman–Crippen LogP) is 3.07. The number of carbonyl (C=O) groups is 1. The molecule has 0 amide bonds. The highest BCUT2D eigenvalue weighted by atomic mass is 32.2. The number of cyclic esters (lactones) is 1. The van der Waals surface area contributed by atoms with Gasteiger partial charge < -0.3 is 9.84 Å². The Morgan fingerprint density at radius 2 is 1.97 bits per heavy atom. The zero-order chi connectivity index (χ0) is 24.2. The van der Waals surface area contributed by atoms with Gasteiger partial charge in [-0.3, -0.25) is 4.79 Å². The first kappa shape index (κ1) is 23.6. The van der Waals surface area contributed by atoms with Crippen LogP contribution in [0.2, 0.25) is 0 Å². The number of fused-ring (bicyclic) bond motifs is 3. The normalized spacial score (nSPS) is 24.8. The molecule has 33 heavy (non-hydrogen) atoms. The van der Waals surface area contributed by atoms with Crippen LogP contribution in [-0.4, -0.2) is 55.0 Å². The number of sulfonamides is 1. The first-order valence-electron chi connectivity index (χ1n) is 10.9. The Bertz CT molecular complexity index is 1220. The average Bonchev–Trinajstić information content (AvgIpc) is 2.70. The van der Waals surface area contributed by atoms with Gasteiger partial charge >= 0.3 is 5.97 Å². The van der Waals surface area contributed by atoms with Crippen molar-refractivity contribution in [3.63, 3.8) is 0 Å². The second-order valence-corrected chi connectivity index (χ2v) is 11.2. The lowest BCUT2D eigenvalue weighted by Crippen LogP contribution is -2.39. The number of hydrogen-bond donors (Lipinski definition) is 1. The van der Waals surface area contributed by atoms with E-state index in [4.69, 9.17) is 4.74 Å². The van der Waals surface area contributed by atoms with Gasteiger partial charge in [-0.05, 0) is 35.6 Å². The van der Waals surface area contributed by atoms with Crippen LogP contribution >= 0.6 is 0 Å². The first-order chi connectivity index (χ1) is 15.4. The summed E-state index contributed by atoms with van der Waals surface area (Å²) in [6.45, 7) is 5.86. The number of rotatable bonds is 4. The summed E-state index contributed by atoms with van der Waals surface area (Å²) < 4.78 is 45.4. The van der Waals surface area contributed by atoms with Gasteiger partial charge in [-0.15, -0.1) is 0 Å². The molecule has 1 aliphatic heterocycles. The zero-order valence-electron chi connectivity index (χ0n) is 19.2. The molecule has 1 aromatic heterocycles. The van der Waals surface area contributed by atoms with Crippen LogP contribution in [0.15, 0.2) is 18.2 Å². The van der Waals surface area contributed by atoms with Crippen LogP contribution in [0.3, 0.4) is 0 Å². The number of aliphatic hydroxyl groups is 1. The monoisotopic (exact) mass is 477 g/mol. The van der Waals surface area contributed by atoms with Crippen molar-refractivity contribution in [3.8, 4) is 11.3 Å². The summed E-state index contributed by atoms with van der Waals surface area (Å²) in [5.74, 6) is -1.63. The summed E-state index contributed by atoms with van der Waals surface area (Å²) in [4.78, 5) is 21.3. The highest BCUT2D eigenvalue weighted by Crippen LogP contribution is 2.51. The molecule has 4 rings (SSSR count). The lowest BCUT2D eigenvalue weighted by atomic mass is 9.69. The minimum Gasteiger partial charge on any atom is -0.462 e. The molecular weight excluding hydrogens is 449 g/mol. The molecule has 8 nitrogen and oxygen atoms in total. The van der Waals surface area contributed by atoms with Gasteiger partial charge in [0.15, 0.2) is 0 Å². The summed E-state index contributed by atoms with van der Waals surface area (Å²) in [7, 11) is -2.21. The molecule has 1 unspecified atom stereocenters. The molecule has 2 aromatic rings. The van der Waals surface area contributed by atoms with Crippen LogP contribution in [0, 0.1) is 5.82 Å². The number of esters is 1. The number of nitrogens with zero attached hydrogens (tertiary/aromatic N) is 3. The fourth-order valence-electron chi connectivity index (χ4n) is 4.88. The first-order valence-corrected chi connectivity index (χ1v) is 12.8. The Morgan fingerprint density at radius 1 is 1.27 bits per heavy atom. The van der Waals surface area contributed by atoms with Gasteiger partial charge in [0.05, 0.1) is 30.2 Å². The van der Waals surface area contributed by atoms with E-state index in [0.717, 1.165) is 16.1 Å². The average molecular weight is 478 g/mol. The van der Waals surface area contributed by atoms with Crippen LogP contribution in [0.4, 0.5) is 10.3 Å². The predicted molar refractivity (Wildman–Crippen MR) is 121 cm³/mol. The molecule has 0 bridgehead atoms. The zero-order valence-corrected chi connectivity index (χ0v) is 20.1. The van der Waals surface area contributed by atoms with E-state index in [-0.39, 0.29) is 30.6 Å². The van der Waals surface area contributed by atoms with Crippen LogP contribution in [-0.2, 0) is 19.6 Å². The number of aliphatic hydroxyl groups excluding tert-OH is 1. The molecule has 1 aliphatic carbocycles. The molecule has 10 heteroatoms. The summed E-state index contributed by atoms with van der Waals surface area (Å²) in [6, 6.07) is 4.35. The van der Waals surface area contributed by atoms with Crippen molar-refractivity contribution in [1.29, 1.82) is 0 Å². The fraction of sp³-hybridized carbons (Fsp3) is 0.522. The Balaban J connectivity index is 1.97. The molecule has 0 saturated carbocycles. The molecule has 1 N–H and O–H groups in total. The third-order valence-electron chi connectivity index (χ3n) is 6.50. The van der Waals surface area contributed by atoms with Crippen molar-refractivity contribution in [3.05, 3.63) is 40.8 Å². The maximum atomic E-state index is 14.4. The topological polar surface area (TPSA) is 110 Å². The summed E-state index contributed by atoms with van der Waals surface area (Å²) in [6.07, 6.45) is -0.197. The summed E-state index contributed by atoms with van der Waals surface area (Å²) in [5, 5.41) is 10.2. The fourth-order valence-corrected chi connectivity index (χ4v) is 5.26. The highest BCUT2D eigenvalue weighted by molar-refractivity contribution is 7.92. The van der Waals surface area contributed by atoms with E-state index in [2.05, 4.69) is 9.97 Å². The Kier molecular flexibility index (Phi) is 5.94. The quantitative estimate of drug-likeness (QED) is 0.674. The summed E-state index contributed by atoms with van der Waals surface area (Å²) >= 11 is 0. The molecule has 0 radical (unpaired) electrons. The van der Waals surface area contributed by atoms with Crippen LogP contribution in [0.5, 0.6) is 0 Å². The maximum Gasteiger partial charge on any atom is 0.308 e. The largest absolute Gasteiger partial charge is 0.462 e. The third-order valence-corrected chi connectivity index (χ3v) is 7.66. The van der Waals surface area contributed by atoms with E-state index in [0.29, 0.717) is 22.5 Å². The standard InChI is InChI=1S/C23H28FN3O5S/c1-11(2)21-20-12(3)19(17-9-14(28)10-18(29)32-17)16-8-13(24)6-7-15(16)22(20)26-23(25-21)27(4)33(5,30)31/h6-8,11-12,14,17,19,28H,9-10H2,1-5H3/t12?,14-,17-,19-/m0/s1. The van der Waals surface area contributed by atoms with E-state index in [1.54, 1.807) is 6.07 Å². The van der Waals surface area contributed by atoms with Crippen molar-refractivity contribution in [2.45, 2.75) is 63.6 Å². The van der Waals surface area contributed by atoms with Gasteiger partial charge in [0.2, 0.25) is 16.0 Å². The van der Waals surface area contributed by atoms with Gasteiger partial charge in [-0.1, -0.05) is 20.8 Å². The molecule has 178 valence electrons. The lowest BCUT2D eigenvalue weighted by molar-refractivity contribution is -0.162. The van der Waals surface area contributed by atoms with Gasteiger partial charge in [-0.2, -0.15) is 0 Å². The van der Waals surface area contributed by atoms with Crippen molar-refractivity contribution >= 4 is 21.9 Å². The summed E-state index contributed by atoms with van der Waals surface area (Å²) in [5.41, 5.74) is 3.29. The number of aromatic nitrogens is 2. The van der Waals surface area contributed by atoms with E-state index < -0.39 is 39.9 Å². The van der Waals surface area contributed by atoms with E-state index in [1.807, 2.05) is 20.8 Å². The molecule has 1 saturated heterocycles. The number of carbonyl (C=O) groups excluding carboxylic acids is 1. The van der Waals surface area contributed by atoms with Gasteiger partial charge in [0.1, 0.15) is 11.9 Å². The van der Waals surface area contributed by atoms with Gasteiger partial charge in [0, 0.05) is 30.5 Å². The molecule has 4 atom stereocenters. The van der Waals surface area contributed by atoms with Gasteiger partial charge in [0.25, 0.3) is 0 Å². The van der Waals surface area contributed by atoms with Crippen LogP contribution < -0.4 is 4.31 Å². The molecule has 1 aromatic carbocycles. The Labute approximate surface area is 192 Å². The maximum absolute atomic E-state index is 14.4. The molecule has 1 fully saturated rings.